The summed E-state index contributed by atoms with van der Waals surface area (Å²) in [6.07, 6.45) is 0. The third-order valence-electron chi connectivity index (χ3n) is 2.09. The minimum Gasteiger partial charge on any atom is -0.413 e. The highest BCUT2D eigenvalue weighted by atomic mass is 28.4. The molecule has 1 aromatic rings. The number of hydrogen-bond donors (Lipinski definition) is 1. The quantitative estimate of drug-likeness (QED) is 0.589. The topological polar surface area (TPSA) is 35.2 Å². The molecule has 1 aromatic carbocycles. The molecule has 72 valence electrons. The number of hydrogen-bond acceptors (Lipinski definition) is 2. The number of anilines is 1. The molecule has 0 aliphatic heterocycles. The predicted molar refractivity (Wildman–Crippen MR) is 59.6 cm³/mol. The molecule has 0 amide bonds. The predicted octanol–water partition coefficient (Wildman–Crippen LogP) is 1.72. The molecule has 0 saturated heterocycles. The zero-order valence-electron chi connectivity index (χ0n) is 8.50. The summed E-state index contributed by atoms with van der Waals surface area (Å²) in [5.74, 6) is 0. The highest BCUT2D eigenvalue weighted by Crippen LogP contribution is 2.07. The van der Waals surface area contributed by atoms with Gasteiger partial charge in [0.05, 0.1) is 0 Å². The summed E-state index contributed by atoms with van der Waals surface area (Å²) >= 11 is 0. The Morgan fingerprint density at radius 1 is 1.38 bits per heavy atom. The molecule has 0 bridgehead atoms. The van der Waals surface area contributed by atoms with Crippen LogP contribution in [0.2, 0.25) is 13.1 Å². The van der Waals surface area contributed by atoms with Crippen LogP contribution >= 0.6 is 0 Å². The molecule has 13 heavy (non-hydrogen) atoms. The van der Waals surface area contributed by atoms with Crippen LogP contribution in [0.5, 0.6) is 0 Å². The third-order valence-corrected chi connectivity index (χ3v) is 4.80. The molecule has 2 nitrogen and oxygen atoms in total. The van der Waals surface area contributed by atoms with Gasteiger partial charge in [0.2, 0.25) is 8.32 Å². The summed E-state index contributed by atoms with van der Waals surface area (Å²) in [6.45, 7) is 7.17. The third kappa shape index (κ3) is 2.57. The van der Waals surface area contributed by atoms with Crippen LogP contribution in [-0.4, -0.2) is 14.9 Å². The van der Waals surface area contributed by atoms with E-state index in [0.717, 1.165) is 12.3 Å². The minimum atomic E-state index is -1.69. The van der Waals surface area contributed by atoms with Gasteiger partial charge >= 0.3 is 0 Å². The molecule has 0 aliphatic rings. The van der Waals surface area contributed by atoms with Crippen LogP contribution in [-0.2, 0) is 4.43 Å². The van der Waals surface area contributed by atoms with Crippen molar-refractivity contribution in [3.8, 4) is 0 Å². The zero-order chi connectivity index (χ0) is 9.90. The molecule has 0 heterocycles. The van der Waals surface area contributed by atoms with Gasteiger partial charge < -0.3 is 10.2 Å². The summed E-state index contributed by atoms with van der Waals surface area (Å²) in [4.78, 5) is 0. The molecule has 0 saturated carbocycles. The summed E-state index contributed by atoms with van der Waals surface area (Å²) < 4.78 is 5.75. The first-order valence-corrected chi connectivity index (χ1v) is 7.47. The fraction of sp³-hybridized carbons (Fsp3) is 0.400. The highest BCUT2D eigenvalue weighted by molar-refractivity contribution is 6.84. The second-order valence-corrected chi connectivity index (χ2v) is 7.46. The van der Waals surface area contributed by atoms with E-state index in [9.17, 15) is 0 Å². The second-order valence-electron chi connectivity index (χ2n) is 3.57. The molecule has 0 unspecified atom stereocenters. The molecule has 0 spiro atoms. The van der Waals surface area contributed by atoms with Crippen LogP contribution in [0.3, 0.4) is 0 Å². The number of nitrogens with two attached hydrogens (primary N) is 1. The Morgan fingerprint density at radius 3 is 2.62 bits per heavy atom. The van der Waals surface area contributed by atoms with Crippen molar-refractivity contribution < 1.29 is 4.43 Å². The molecular weight excluding hydrogens is 178 g/mol. The Kier molecular flexibility index (Phi) is 3.11. The Hall–Kier alpha value is -0.803. The van der Waals surface area contributed by atoms with Crippen LogP contribution in [0.15, 0.2) is 24.3 Å². The van der Waals surface area contributed by atoms with E-state index in [1.807, 2.05) is 25.1 Å². The largest absolute Gasteiger partial charge is 0.413 e. The van der Waals surface area contributed by atoms with Crippen molar-refractivity contribution in [1.82, 2.24) is 0 Å². The SMILES string of the molecule is CCO[Si](C)(C)c1cccc(N)c1. The van der Waals surface area contributed by atoms with E-state index in [0.29, 0.717) is 0 Å². The first-order chi connectivity index (χ1) is 6.06. The normalized spacial score (nSPS) is 11.6. The monoisotopic (exact) mass is 195 g/mol. The van der Waals surface area contributed by atoms with E-state index in [1.54, 1.807) is 0 Å². The summed E-state index contributed by atoms with van der Waals surface area (Å²) in [5.41, 5.74) is 6.54. The molecule has 0 atom stereocenters. The van der Waals surface area contributed by atoms with Gasteiger partial charge in [0.1, 0.15) is 0 Å². The molecule has 1 rings (SSSR count). The highest BCUT2D eigenvalue weighted by Gasteiger charge is 2.24. The van der Waals surface area contributed by atoms with Crippen LogP contribution in [0, 0.1) is 0 Å². The lowest BCUT2D eigenvalue weighted by Crippen LogP contribution is -2.44. The van der Waals surface area contributed by atoms with Crippen molar-refractivity contribution in [2.75, 3.05) is 12.3 Å². The van der Waals surface area contributed by atoms with E-state index < -0.39 is 8.32 Å². The van der Waals surface area contributed by atoms with Crippen molar-refractivity contribution in [2.24, 2.45) is 0 Å². The molecule has 2 N–H and O–H groups in total. The maximum Gasteiger partial charge on any atom is 0.218 e. The van der Waals surface area contributed by atoms with E-state index in [2.05, 4.69) is 19.2 Å². The van der Waals surface area contributed by atoms with Crippen LogP contribution < -0.4 is 10.9 Å². The van der Waals surface area contributed by atoms with Gasteiger partial charge in [-0.25, -0.2) is 0 Å². The molecule has 0 fully saturated rings. The first-order valence-electron chi connectivity index (χ1n) is 4.56. The average molecular weight is 195 g/mol. The minimum absolute atomic E-state index is 0.772. The van der Waals surface area contributed by atoms with Crippen LogP contribution in [0.25, 0.3) is 0 Å². The lowest BCUT2D eigenvalue weighted by molar-refractivity contribution is 0.339. The van der Waals surface area contributed by atoms with Crippen molar-refractivity contribution in [3.05, 3.63) is 24.3 Å². The van der Waals surface area contributed by atoms with Gasteiger partial charge in [0, 0.05) is 12.3 Å². The fourth-order valence-corrected chi connectivity index (χ4v) is 3.26. The molecule has 3 heteroatoms. The summed E-state index contributed by atoms with van der Waals surface area (Å²) in [7, 11) is -1.69. The average Bonchev–Trinajstić information content (AvgIpc) is 2.04. The van der Waals surface area contributed by atoms with Gasteiger partial charge in [-0.15, -0.1) is 0 Å². The fourth-order valence-electron chi connectivity index (χ4n) is 1.36. The van der Waals surface area contributed by atoms with E-state index in [1.165, 1.54) is 5.19 Å². The van der Waals surface area contributed by atoms with E-state index in [-0.39, 0.29) is 0 Å². The number of nitrogen functional groups attached to an aromatic ring is 1. The standard InChI is InChI=1S/C10H17NOSi/c1-4-12-13(2,3)10-7-5-6-9(11)8-10/h5-8H,4,11H2,1-3H3. The molecule has 0 aliphatic carbocycles. The van der Waals surface area contributed by atoms with Gasteiger partial charge in [-0.3, -0.25) is 0 Å². The van der Waals surface area contributed by atoms with Crippen molar-refractivity contribution >= 4 is 19.2 Å². The Labute approximate surface area is 80.8 Å². The van der Waals surface area contributed by atoms with Gasteiger partial charge in [-0.05, 0) is 37.3 Å². The maximum atomic E-state index is 5.75. The second kappa shape index (κ2) is 3.94. The van der Waals surface area contributed by atoms with Gasteiger partial charge in [0.15, 0.2) is 0 Å². The maximum absolute atomic E-state index is 5.75. The lowest BCUT2D eigenvalue weighted by Gasteiger charge is -2.22. The lowest BCUT2D eigenvalue weighted by atomic mass is 10.3. The van der Waals surface area contributed by atoms with Gasteiger partial charge in [0.25, 0.3) is 0 Å². The number of benzene rings is 1. The molecule has 0 radical (unpaired) electrons. The van der Waals surface area contributed by atoms with Crippen molar-refractivity contribution in [1.29, 1.82) is 0 Å². The van der Waals surface area contributed by atoms with Crippen molar-refractivity contribution in [3.63, 3.8) is 0 Å². The Morgan fingerprint density at radius 2 is 2.08 bits per heavy atom. The van der Waals surface area contributed by atoms with Crippen LogP contribution in [0.1, 0.15) is 6.92 Å². The van der Waals surface area contributed by atoms with E-state index in [4.69, 9.17) is 10.2 Å². The summed E-state index contributed by atoms with van der Waals surface area (Å²) in [5, 5.41) is 1.26. The van der Waals surface area contributed by atoms with E-state index >= 15 is 0 Å². The molecular formula is C10H17NOSi. The molecule has 0 aromatic heterocycles. The van der Waals surface area contributed by atoms with Gasteiger partial charge in [-0.2, -0.15) is 0 Å². The van der Waals surface area contributed by atoms with Crippen LogP contribution in [0.4, 0.5) is 5.69 Å². The number of rotatable bonds is 3. The Bertz CT molecular complexity index is 286. The van der Waals surface area contributed by atoms with Crippen molar-refractivity contribution in [2.45, 2.75) is 20.0 Å². The Balaban J connectivity index is 2.93. The summed E-state index contributed by atoms with van der Waals surface area (Å²) in [6, 6.07) is 8.00. The zero-order valence-corrected chi connectivity index (χ0v) is 9.50. The first kappa shape index (κ1) is 10.3. The smallest absolute Gasteiger partial charge is 0.218 e. The van der Waals surface area contributed by atoms with Gasteiger partial charge in [-0.1, -0.05) is 12.1 Å².